The minimum Gasteiger partial charge on any atom is -0.497 e. The number of ether oxygens (including phenoxy) is 2. The van der Waals surface area contributed by atoms with E-state index in [1.165, 1.54) is 0 Å². The van der Waals surface area contributed by atoms with Gasteiger partial charge in [-0.1, -0.05) is 30.3 Å². The normalized spacial score (nSPS) is 11.3. The van der Waals surface area contributed by atoms with Crippen LogP contribution in [0.15, 0.2) is 53.5 Å². The predicted molar refractivity (Wildman–Crippen MR) is 89.1 cm³/mol. The third kappa shape index (κ3) is 4.49. The van der Waals surface area contributed by atoms with Crippen molar-refractivity contribution in [2.24, 2.45) is 10.7 Å². The molecule has 2 aromatic rings. The number of aliphatic imine (C=N–C) groups is 1. The number of hydrogen-bond acceptors (Lipinski definition) is 3. The van der Waals surface area contributed by atoms with Gasteiger partial charge < -0.3 is 20.5 Å². The molecule has 0 heterocycles. The van der Waals surface area contributed by atoms with Crippen LogP contribution in [0, 0.1) is 0 Å². The van der Waals surface area contributed by atoms with E-state index in [1.807, 2.05) is 48.5 Å². The van der Waals surface area contributed by atoms with Crippen LogP contribution in [-0.4, -0.2) is 20.2 Å². The highest BCUT2D eigenvalue weighted by atomic mass is 16.5. The fraction of sp³-hybridized carbons (Fsp3) is 0.235. The molecular weight excluding hydrogens is 278 g/mol. The minimum atomic E-state index is 0.374. The molecule has 0 aliphatic heterocycles. The molecule has 0 amide bonds. The quantitative estimate of drug-likeness (QED) is 0.635. The van der Waals surface area contributed by atoms with Gasteiger partial charge in [0.15, 0.2) is 5.96 Å². The van der Waals surface area contributed by atoms with Gasteiger partial charge in [-0.25, -0.2) is 4.99 Å². The molecule has 0 aromatic heterocycles. The average molecular weight is 299 g/mol. The van der Waals surface area contributed by atoms with Crippen molar-refractivity contribution < 1.29 is 9.47 Å². The number of guanidine groups is 1. The molecule has 0 saturated carbocycles. The summed E-state index contributed by atoms with van der Waals surface area (Å²) in [4.78, 5) is 4.35. The number of hydrogen-bond donors (Lipinski definition) is 2. The fourth-order valence-electron chi connectivity index (χ4n) is 2.01. The lowest BCUT2D eigenvalue weighted by Gasteiger charge is -2.10. The Morgan fingerprint density at radius 3 is 2.50 bits per heavy atom. The predicted octanol–water partition coefficient (Wildman–Crippen LogP) is 2.77. The zero-order valence-corrected chi connectivity index (χ0v) is 12.9. The van der Waals surface area contributed by atoms with Crippen LogP contribution in [0.1, 0.15) is 11.1 Å². The Morgan fingerprint density at radius 2 is 1.82 bits per heavy atom. The van der Waals surface area contributed by atoms with Crippen molar-refractivity contribution in [1.82, 2.24) is 0 Å². The first-order chi connectivity index (χ1) is 10.7. The third-order valence-electron chi connectivity index (χ3n) is 3.17. The first-order valence-corrected chi connectivity index (χ1v) is 6.99. The van der Waals surface area contributed by atoms with Crippen LogP contribution in [0.5, 0.6) is 5.75 Å². The molecule has 0 radical (unpaired) electrons. The highest BCUT2D eigenvalue weighted by Crippen LogP contribution is 2.16. The van der Waals surface area contributed by atoms with E-state index in [1.54, 1.807) is 14.2 Å². The molecule has 0 spiro atoms. The number of para-hydroxylation sites is 1. The monoisotopic (exact) mass is 299 g/mol. The van der Waals surface area contributed by atoms with Gasteiger partial charge in [0.1, 0.15) is 5.75 Å². The summed E-state index contributed by atoms with van der Waals surface area (Å²) >= 11 is 0. The van der Waals surface area contributed by atoms with E-state index in [2.05, 4.69) is 10.3 Å². The van der Waals surface area contributed by atoms with E-state index in [-0.39, 0.29) is 0 Å². The topological polar surface area (TPSA) is 68.9 Å². The molecule has 22 heavy (non-hydrogen) atoms. The van der Waals surface area contributed by atoms with Gasteiger partial charge in [-0.3, -0.25) is 0 Å². The zero-order chi connectivity index (χ0) is 15.8. The summed E-state index contributed by atoms with van der Waals surface area (Å²) in [6.45, 7) is 1.03. The molecule has 0 atom stereocenters. The summed E-state index contributed by atoms with van der Waals surface area (Å²) in [5, 5.41) is 3.11. The summed E-state index contributed by atoms with van der Waals surface area (Å²) < 4.78 is 10.3. The smallest absolute Gasteiger partial charge is 0.193 e. The highest BCUT2D eigenvalue weighted by Gasteiger charge is 2.02. The molecule has 0 aliphatic rings. The molecule has 0 bridgehead atoms. The fourth-order valence-corrected chi connectivity index (χ4v) is 2.01. The number of rotatable bonds is 6. The van der Waals surface area contributed by atoms with Gasteiger partial charge in [0, 0.05) is 18.4 Å². The molecular formula is C17H21N3O2. The van der Waals surface area contributed by atoms with Crippen LogP contribution in [0.2, 0.25) is 0 Å². The van der Waals surface area contributed by atoms with Crippen LogP contribution in [0.4, 0.5) is 5.69 Å². The Kier molecular flexibility index (Phi) is 5.80. The molecule has 0 saturated heterocycles. The highest BCUT2D eigenvalue weighted by molar-refractivity contribution is 5.92. The Bertz CT molecular complexity index is 624. The van der Waals surface area contributed by atoms with Gasteiger partial charge in [0.25, 0.3) is 0 Å². The van der Waals surface area contributed by atoms with Gasteiger partial charge in [0.05, 0.1) is 20.3 Å². The second kappa shape index (κ2) is 8.05. The van der Waals surface area contributed by atoms with Gasteiger partial charge in [-0.15, -0.1) is 0 Å². The average Bonchev–Trinajstić information content (AvgIpc) is 2.55. The molecule has 0 aliphatic carbocycles. The van der Waals surface area contributed by atoms with E-state index < -0.39 is 0 Å². The lowest BCUT2D eigenvalue weighted by molar-refractivity contribution is 0.185. The Hall–Kier alpha value is -2.53. The molecule has 116 valence electrons. The Balaban J connectivity index is 2.00. The summed E-state index contributed by atoms with van der Waals surface area (Å²) in [6.07, 6.45) is 0. The summed E-state index contributed by atoms with van der Waals surface area (Å²) in [5.74, 6) is 1.20. The van der Waals surface area contributed by atoms with E-state index in [4.69, 9.17) is 15.2 Å². The number of benzene rings is 2. The maximum absolute atomic E-state index is 5.95. The van der Waals surface area contributed by atoms with Crippen molar-refractivity contribution in [1.29, 1.82) is 0 Å². The second-order valence-corrected chi connectivity index (χ2v) is 4.76. The Labute approximate surface area is 130 Å². The number of nitrogens with one attached hydrogen (secondary N) is 1. The standard InChI is InChI=1S/C17H21N3O2/c1-21-12-14-5-3-4-6-16(14)20-17(18)19-11-13-7-9-15(22-2)10-8-13/h3-10H,11-12H2,1-2H3,(H3,18,19,20). The third-order valence-corrected chi connectivity index (χ3v) is 3.17. The molecule has 3 N–H and O–H groups in total. The molecule has 0 fully saturated rings. The van der Waals surface area contributed by atoms with Crippen molar-refractivity contribution in [3.63, 3.8) is 0 Å². The lowest BCUT2D eigenvalue weighted by Crippen LogP contribution is -2.23. The van der Waals surface area contributed by atoms with Gasteiger partial charge in [0.2, 0.25) is 0 Å². The van der Waals surface area contributed by atoms with Crippen LogP contribution in [0.3, 0.4) is 0 Å². The molecule has 0 unspecified atom stereocenters. The van der Waals surface area contributed by atoms with E-state index in [0.717, 1.165) is 22.6 Å². The molecule has 5 heteroatoms. The maximum Gasteiger partial charge on any atom is 0.193 e. The van der Waals surface area contributed by atoms with Crippen molar-refractivity contribution in [2.75, 3.05) is 19.5 Å². The number of anilines is 1. The molecule has 2 aromatic carbocycles. The Morgan fingerprint density at radius 1 is 1.09 bits per heavy atom. The SMILES string of the molecule is COCc1ccccc1NC(N)=NCc1ccc(OC)cc1. The van der Waals surface area contributed by atoms with Crippen molar-refractivity contribution in [3.8, 4) is 5.75 Å². The first kappa shape index (κ1) is 15.9. The lowest BCUT2D eigenvalue weighted by atomic mass is 10.2. The van der Waals surface area contributed by atoms with Crippen molar-refractivity contribution in [2.45, 2.75) is 13.2 Å². The van der Waals surface area contributed by atoms with Gasteiger partial charge in [-0.05, 0) is 23.8 Å². The van der Waals surface area contributed by atoms with Crippen molar-refractivity contribution in [3.05, 3.63) is 59.7 Å². The summed E-state index contributed by atoms with van der Waals surface area (Å²) in [5.41, 5.74) is 8.95. The van der Waals surface area contributed by atoms with Gasteiger partial charge >= 0.3 is 0 Å². The van der Waals surface area contributed by atoms with Gasteiger partial charge in [-0.2, -0.15) is 0 Å². The maximum atomic E-state index is 5.95. The van der Waals surface area contributed by atoms with Crippen molar-refractivity contribution >= 4 is 11.6 Å². The summed E-state index contributed by atoms with van der Waals surface area (Å²) in [6, 6.07) is 15.6. The summed E-state index contributed by atoms with van der Waals surface area (Å²) in [7, 11) is 3.31. The number of nitrogens with two attached hydrogens (primary N) is 1. The number of methoxy groups -OCH3 is 2. The molecule has 5 nitrogen and oxygen atoms in total. The first-order valence-electron chi connectivity index (χ1n) is 6.99. The van der Waals surface area contributed by atoms with Crippen LogP contribution < -0.4 is 15.8 Å². The number of nitrogens with zero attached hydrogens (tertiary/aromatic N) is 1. The second-order valence-electron chi connectivity index (χ2n) is 4.76. The van der Waals surface area contributed by atoms with Crippen LogP contribution >= 0.6 is 0 Å². The van der Waals surface area contributed by atoms with E-state index in [9.17, 15) is 0 Å². The van der Waals surface area contributed by atoms with Crippen LogP contribution in [0.25, 0.3) is 0 Å². The van der Waals surface area contributed by atoms with E-state index in [0.29, 0.717) is 19.1 Å². The zero-order valence-electron chi connectivity index (χ0n) is 12.9. The minimum absolute atomic E-state index is 0.374. The van der Waals surface area contributed by atoms with Crippen LogP contribution in [-0.2, 0) is 17.9 Å². The molecule has 2 rings (SSSR count). The van der Waals surface area contributed by atoms with E-state index >= 15 is 0 Å². The largest absolute Gasteiger partial charge is 0.497 e.